The Morgan fingerprint density at radius 3 is 1.81 bits per heavy atom. The molecule has 2 aromatic rings. The molecule has 2 fully saturated rings. The van der Waals surface area contributed by atoms with Crippen LogP contribution in [0.1, 0.15) is 18.9 Å². The standard InChI is InChI=1S/C18H27N5O21P4.4Li/c19-11-1-3-22(17(28)20-11)13-5-8(24)9(40-13)6-38-45(30,31)42-47(34,35)44-48(36,37)43-46(32,33)39-7-10-14(26)15(27)16(41-10)23-4-2-12(25)21-18(23)29;;;;/h1-4,8-10,13-16,24,26-27H,5-7H2,(H,30,31)(H,32,33)(H,34,35)(H,36,37)(H2,19,20,28)(H,21,25,29);;;;/q;4*+1/p-4/t8-,9+,10+,13+,14+,15+,16+;;;;/m0..../s1. The average molecular weight is 797 g/mol. The van der Waals surface area contributed by atoms with Gasteiger partial charge >= 0.3 is 86.8 Å². The fourth-order valence-electron chi connectivity index (χ4n) is 4.18. The molecular formula is C18H23Li4N5O21P4. The van der Waals surface area contributed by atoms with Gasteiger partial charge in [0.2, 0.25) is 0 Å². The molecule has 0 bridgehead atoms. The van der Waals surface area contributed by atoms with E-state index in [2.05, 4.69) is 27.0 Å². The number of aromatic amines is 1. The summed E-state index contributed by atoms with van der Waals surface area (Å²) in [5, 5.41) is 30.4. The largest absolute Gasteiger partial charge is 1.00 e. The molecule has 0 saturated carbocycles. The van der Waals surface area contributed by atoms with E-state index in [0.29, 0.717) is 4.57 Å². The minimum atomic E-state index is -6.59. The molecule has 2 aromatic heterocycles. The first-order chi connectivity index (χ1) is 22.1. The number of anilines is 1. The second kappa shape index (κ2) is 20.5. The van der Waals surface area contributed by atoms with E-state index in [9.17, 15) is 67.5 Å². The number of hydrogen-bond acceptors (Lipinski definition) is 23. The van der Waals surface area contributed by atoms with Crippen LogP contribution in [0.4, 0.5) is 5.82 Å². The molecule has 4 rings (SSSR count). The zero-order valence-electron chi connectivity index (χ0n) is 27.4. The van der Waals surface area contributed by atoms with Gasteiger partial charge < -0.3 is 59.1 Å². The van der Waals surface area contributed by atoms with Crippen molar-refractivity contribution in [1.82, 2.24) is 19.1 Å². The number of aliphatic hydroxyl groups is 3. The molecule has 0 spiro atoms. The minimum absolute atomic E-state index is 0. The number of nitrogens with two attached hydrogens (primary N) is 1. The van der Waals surface area contributed by atoms with Gasteiger partial charge in [0.25, 0.3) is 36.9 Å². The van der Waals surface area contributed by atoms with Crippen molar-refractivity contribution in [2.45, 2.75) is 49.4 Å². The normalized spacial score (nSPS) is 28.6. The van der Waals surface area contributed by atoms with Gasteiger partial charge in [-0.1, -0.05) is 0 Å². The van der Waals surface area contributed by atoms with Gasteiger partial charge in [-0.15, -0.1) is 0 Å². The van der Waals surface area contributed by atoms with Gasteiger partial charge in [-0.25, -0.2) is 22.5 Å². The van der Waals surface area contributed by atoms with E-state index in [0.717, 1.165) is 16.8 Å². The fraction of sp³-hybridized carbons (Fsp3) is 0.556. The molecule has 4 unspecified atom stereocenters. The maximum Gasteiger partial charge on any atom is 1.00 e. The van der Waals surface area contributed by atoms with E-state index in [-0.39, 0.29) is 87.7 Å². The van der Waals surface area contributed by atoms with Crippen LogP contribution in [0.5, 0.6) is 0 Å². The molecular weight excluding hydrogens is 774 g/mol. The van der Waals surface area contributed by atoms with Gasteiger partial charge in [0.15, 0.2) is 6.23 Å². The summed E-state index contributed by atoms with van der Waals surface area (Å²) in [5.41, 5.74) is 2.58. The van der Waals surface area contributed by atoms with E-state index >= 15 is 0 Å². The molecule has 26 nitrogen and oxygen atoms in total. The van der Waals surface area contributed by atoms with E-state index in [1.54, 1.807) is 0 Å². The molecule has 0 amide bonds. The number of H-pyrrole nitrogens is 1. The van der Waals surface area contributed by atoms with Crippen molar-refractivity contribution in [3.05, 3.63) is 55.8 Å². The number of nitrogens with zero attached hydrogens (tertiary/aromatic N) is 3. The Bertz CT molecular complexity index is 1890. The summed E-state index contributed by atoms with van der Waals surface area (Å²) in [6.45, 7) is -2.44. The number of hydrogen-bond donors (Lipinski definition) is 5. The zero-order valence-corrected chi connectivity index (χ0v) is 30.9. The third-order valence-electron chi connectivity index (χ3n) is 6.22. The number of nitrogen functional groups attached to an aromatic ring is 1. The van der Waals surface area contributed by atoms with Crippen molar-refractivity contribution in [2.24, 2.45) is 0 Å². The molecule has 270 valence electrons. The van der Waals surface area contributed by atoms with Crippen LogP contribution in [0, 0.1) is 0 Å². The van der Waals surface area contributed by atoms with Crippen molar-refractivity contribution in [3.63, 3.8) is 0 Å². The SMILES string of the molecule is Nc1ccn([C@H]2C[C@H](O)[C@@H](COP(=O)([O-])OP(=O)([O-])OP(=O)([O-])OP(=O)([O-])OC[C@H]3O[C@@H](n4ccc(=O)[nH]c4=O)[C@H](O)[C@@H]3O)O2)c(=O)n1.[Li+].[Li+].[Li+].[Li+]. The van der Waals surface area contributed by atoms with Crippen LogP contribution < -0.4 is 118 Å². The van der Waals surface area contributed by atoms with Crippen LogP contribution in [0.2, 0.25) is 0 Å². The van der Waals surface area contributed by atoms with Gasteiger partial charge in [-0.3, -0.25) is 37.2 Å². The van der Waals surface area contributed by atoms with Crippen LogP contribution in [0.25, 0.3) is 0 Å². The quantitative estimate of drug-likeness (QED) is 0.0875. The summed E-state index contributed by atoms with van der Waals surface area (Å²) in [6, 6.07) is 2.07. The molecule has 11 atom stereocenters. The van der Waals surface area contributed by atoms with E-state index in [4.69, 9.17) is 15.2 Å². The van der Waals surface area contributed by atoms with Gasteiger partial charge in [0, 0.05) is 24.9 Å². The van der Waals surface area contributed by atoms with Gasteiger partial charge in [0.05, 0.1) is 19.3 Å². The monoisotopic (exact) mass is 797 g/mol. The second-order valence-electron chi connectivity index (χ2n) is 9.66. The smallest absolute Gasteiger partial charge is 0.756 e. The van der Waals surface area contributed by atoms with Crippen LogP contribution in [-0.4, -0.2) is 78.2 Å². The van der Waals surface area contributed by atoms with E-state index in [1.807, 2.05) is 4.98 Å². The number of ether oxygens (including phenoxy) is 2. The van der Waals surface area contributed by atoms with Crippen LogP contribution >= 0.6 is 31.3 Å². The molecule has 0 aliphatic carbocycles. The predicted octanol–water partition coefficient (Wildman–Crippen LogP) is -17.4. The summed E-state index contributed by atoms with van der Waals surface area (Å²) in [7, 11) is -25.4. The summed E-state index contributed by atoms with van der Waals surface area (Å²) in [6.07, 6.45) is -9.78. The molecule has 52 heavy (non-hydrogen) atoms. The summed E-state index contributed by atoms with van der Waals surface area (Å²) in [4.78, 5) is 88.4. The Labute approximate surface area is 338 Å². The third kappa shape index (κ3) is 14.2. The van der Waals surface area contributed by atoms with Gasteiger partial charge in [0.1, 0.15) is 36.5 Å². The van der Waals surface area contributed by atoms with Gasteiger partial charge in [-0.05, 0) is 6.07 Å². The maximum absolute atomic E-state index is 12.0. The van der Waals surface area contributed by atoms with Crippen LogP contribution in [0.15, 0.2) is 38.9 Å². The van der Waals surface area contributed by atoms with Crippen molar-refractivity contribution < 1.29 is 160 Å². The third-order valence-corrected chi connectivity index (χ3v) is 12.0. The molecule has 0 radical (unpaired) electrons. The van der Waals surface area contributed by atoms with Crippen molar-refractivity contribution >= 4 is 37.1 Å². The Balaban J connectivity index is 0.00000650. The van der Waals surface area contributed by atoms with Crippen molar-refractivity contribution in [2.75, 3.05) is 18.9 Å². The molecule has 34 heteroatoms. The zero-order chi connectivity index (χ0) is 35.8. The van der Waals surface area contributed by atoms with E-state index < -0.39 is 104 Å². The first kappa shape index (κ1) is 52.1. The first-order valence-corrected chi connectivity index (χ1v) is 18.6. The van der Waals surface area contributed by atoms with Crippen molar-refractivity contribution in [3.8, 4) is 0 Å². The molecule has 6 N–H and O–H groups in total. The molecule has 2 aliphatic heterocycles. The number of aromatic nitrogens is 4. The molecule has 4 heterocycles. The van der Waals surface area contributed by atoms with Crippen molar-refractivity contribution in [1.29, 1.82) is 0 Å². The summed E-state index contributed by atoms with van der Waals surface area (Å²) < 4.78 is 79.0. The Morgan fingerprint density at radius 1 is 0.788 bits per heavy atom. The second-order valence-corrected chi connectivity index (χ2v) is 15.7. The van der Waals surface area contributed by atoms with Crippen LogP contribution in [-0.2, 0) is 49.7 Å². The van der Waals surface area contributed by atoms with E-state index in [1.165, 1.54) is 12.3 Å². The minimum Gasteiger partial charge on any atom is -0.756 e. The Kier molecular flexibility index (Phi) is 20.5. The number of phosphoric ester groups is 2. The molecule has 2 aliphatic rings. The topological polar surface area (TPSA) is 402 Å². The number of rotatable bonds is 14. The maximum atomic E-state index is 12.0. The summed E-state index contributed by atoms with van der Waals surface area (Å²) >= 11 is 0. The Hall–Kier alpha value is 0.110. The average Bonchev–Trinajstić information content (AvgIpc) is 3.42. The number of aliphatic hydroxyl groups excluding tert-OH is 3. The van der Waals surface area contributed by atoms with Gasteiger partial charge in [-0.2, -0.15) is 4.98 Å². The number of phosphoric acid groups is 4. The molecule has 0 aromatic carbocycles. The summed E-state index contributed by atoms with van der Waals surface area (Å²) in [5.74, 6) is -0.125. The molecule has 2 saturated heterocycles. The number of nitrogens with one attached hydrogen (secondary N) is 1. The fourth-order valence-corrected chi connectivity index (χ4v) is 8.93. The Morgan fingerprint density at radius 2 is 1.29 bits per heavy atom. The van der Waals surface area contributed by atoms with Crippen LogP contribution in [0.3, 0.4) is 0 Å². The first-order valence-electron chi connectivity index (χ1n) is 12.8. The predicted molar refractivity (Wildman–Crippen MR) is 140 cm³/mol.